The molecule has 6 amide bonds. The molecule has 0 spiro atoms. The molecule has 3 rings (SSSR count). The summed E-state index contributed by atoms with van der Waals surface area (Å²) in [5.74, 6) is -3.05. The van der Waals surface area contributed by atoms with E-state index < -0.39 is 35.0 Å². The maximum Gasteiger partial charge on any atom is 0.514 e. The Kier molecular flexibility index (Phi) is 15.8. The van der Waals surface area contributed by atoms with Crippen molar-refractivity contribution in [1.29, 1.82) is 0 Å². The minimum absolute atomic E-state index is 0.0525. The van der Waals surface area contributed by atoms with Gasteiger partial charge in [0, 0.05) is 61.5 Å². The molecule has 0 bridgehead atoms. The number of nitrogens with zero attached hydrogens (tertiary/aromatic N) is 2. The Morgan fingerprint density at radius 1 is 0.943 bits per heavy atom. The van der Waals surface area contributed by atoms with E-state index in [1.807, 2.05) is 0 Å². The van der Waals surface area contributed by atoms with Crippen LogP contribution in [0.3, 0.4) is 0 Å². The van der Waals surface area contributed by atoms with Crippen LogP contribution in [0.15, 0.2) is 73.0 Å². The number of imide groups is 1. The monoisotopic (exact) mass is 734 g/mol. The number of nitrogens with two attached hydrogens (primary N) is 1. The van der Waals surface area contributed by atoms with E-state index in [4.69, 9.17) is 15.2 Å². The Morgan fingerprint density at radius 2 is 1.60 bits per heavy atom. The third kappa shape index (κ3) is 14.0. The van der Waals surface area contributed by atoms with Gasteiger partial charge in [0.15, 0.2) is 5.78 Å². The molecule has 17 heteroatoms. The molecule has 17 nitrogen and oxygen atoms in total. The summed E-state index contributed by atoms with van der Waals surface area (Å²) in [7, 11) is 0. The van der Waals surface area contributed by atoms with Gasteiger partial charge in [-0.3, -0.25) is 39.0 Å². The van der Waals surface area contributed by atoms with Gasteiger partial charge in [-0.15, -0.1) is 0 Å². The lowest BCUT2D eigenvalue weighted by Crippen LogP contribution is -2.45. The van der Waals surface area contributed by atoms with Crippen molar-refractivity contribution in [3.8, 4) is 5.75 Å². The largest absolute Gasteiger partial charge is 0.514 e. The van der Waals surface area contributed by atoms with E-state index in [0.29, 0.717) is 30.5 Å². The molecule has 2 aromatic rings. The van der Waals surface area contributed by atoms with Gasteiger partial charge in [0.25, 0.3) is 17.5 Å². The zero-order valence-electron chi connectivity index (χ0n) is 29.3. The van der Waals surface area contributed by atoms with Crippen LogP contribution in [0.25, 0.3) is 0 Å². The molecule has 0 saturated heterocycles. The maximum absolute atomic E-state index is 13.5. The number of carbonyl (C=O) groups is 7. The Hall–Kier alpha value is -6.39. The van der Waals surface area contributed by atoms with Crippen LogP contribution in [0.2, 0.25) is 0 Å². The first kappa shape index (κ1) is 41.0. The van der Waals surface area contributed by atoms with E-state index in [1.54, 1.807) is 38.1 Å². The number of unbranched alkanes of at least 4 members (excludes halogenated alkanes) is 2. The number of primary amides is 1. The predicted octanol–water partition coefficient (Wildman–Crippen LogP) is 4.02. The number of urea groups is 1. The average Bonchev–Trinajstić information content (AvgIpc) is 3.43. The second kappa shape index (κ2) is 20.5. The van der Waals surface area contributed by atoms with Crippen LogP contribution >= 0.6 is 0 Å². The zero-order valence-corrected chi connectivity index (χ0v) is 29.3. The highest BCUT2D eigenvalue weighted by Crippen LogP contribution is 2.20. The molecular formula is C36H42N6O11. The molecule has 282 valence electrons. The molecule has 53 heavy (non-hydrogen) atoms. The number of allylic oxidation sites excluding steroid dienone is 1. The van der Waals surface area contributed by atoms with Gasteiger partial charge in [-0.25, -0.2) is 9.59 Å². The number of anilines is 1. The van der Waals surface area contributed by atoms with Gasteiger partial charge >= 0.3 is 12.2 Å². The van der Waals surface area contributed by atoms with Gasteiger partial charge < -0.3 is 31.2 Å². The Balaban J connectivity index is 1.53. The van der Waals surface area contributed by atoms with Crippen LogP contribution in [0.5, 0.6) is 5.75 Å². The third-order valence-electron chi connectivity index (χ3n) is 7.93. The van der Waals surface area contributed by atoms with Gasteiger partial charge in [0.1, 0.15) is 12.4 Å². The van der Waals surface area contributed by atoms with Crippen molar-refractivity contribution in [2.24, 2.45) is 17.6 Å². The minimum atomic E-state index is -1.03. The number of nitro benzene ring substituents is 1. The number of hydrogen-bond donors (Lipinski definition) is 4. The SMILES string of the molecule is CC(C)[C@@H](NC(=O)CCCCCN1C(=O)C=CC1=O)C(=O)C[C@@H](C/C=C/NC(N)=O)C(=O)Nc1ccc(COC(=O)Oc2ccc([N+](=O)[O-])cc2)cc1. The van der Waals surface area contributed by atoms with Crippen molar-refractivity contribution in [3.05, 3.63) is 88.6 Å². The number of amides is 6. The highest BCUT2D eigenvalue weighted by atomic mass is 16.7. The molecule has 1 heterocycles. The summed E-state index contributed by atoms with van der Waals surface area (Å²) in [6.45, 7) is 3.63. The lowest BCUT2D eigenvalue weighted by Gasteiger charge is -2.23. The van der Waals surface area contributed by atoms with Crippen LogP contribution in [0.4, 0.5) is 21.0 Å². The summed E-state index contributed by atoms with van der Waals surface area (Å²) < 4.78 is 10.1. The first-order valence-electron chi connectivity index (χ1n) is 16.8. The summed E-state index contributed by atoms with van der Waals surface area (Å²) in [5.41, 5.74) is 5.87. The molecule has 0 saturated carbocycles. The second-order valence-corrected chi connectivity index (χ2v) is 12.4. The fourth-order valence-corrected chi connectivity index (χ4v) is 5.11. The quantitative estimate of drug-likeness (QED) is 0.0378. The van der Waals surface area contributed by atoms with E-state index in [-0.39, 0.29) is 73.3 Å². The molecule has 0 unspecified atom stereocenters. The predicted molar refractivity (Wildman–Crippen MR) is 190 cm³/mol. The molecule has 0 radical (unpaired) electrons. The molecule has 2 atom stereocenters. The Labute approximate surface area is 305 Å². The molecular weight excluding hydrogens is 692 g/mol. The van der Waals surface area contributed by atoms with Crippen LogP contribution in [-0.4, -0.2) is 64.0 Å². The lowest BCUT2D eigenvalue weighted by atomic mass is 9.90. The maximum atomic E-state index is 13.5. The van der Waals surface area contributed by atoms with Crippen LogP contribution in [0.1, 0.15) is 57.9 Å². The molecule has 1 aliphatic rings. The average molecular weight is 735 g/mol. The summed E-state index contributed by atoms with van der Waals surface area (Å²) in [6, 6.07) is 9.53. The number of non-ortho nitro benzene ring substituents is 1. The number of hydrogen-bond acceptors (Lipinski definition) is 11. The Morgan fingerprint density at radius 3 is 2.21 bits per heavy atom. The highest BCUT2D eigenvalue weighted by molar-refractivity contribution is 6.12. The number of Topliss-reactive ketones (excluding diaryl/α,β-unsaturated/α-hetero) is 1. The zero-order chi connectivity index (χ0) is 38.9. The third-order valence-corrected chi connectivity index (χ3v) is 7.93. The van der Waals surface area contributed by atoms with Crippen molar-refractivity contribution >= 4 is 53.0 Å². The molecule has 1 aliphatic heterocycles. The molecule has 2 aromatic carbocycles. The summed E-state index contributed by atoms with van der Waals surface area (Å²) >= 11 is 0. The van der Waals surface area contributed by atoms with Crippen molar-refractivity contribution in [2.75, 3.05) is 11.9 Å². The second-order valence-electron chi connectivity index (χ2n) is 12.4. The fraction of sp³-hybridized carbons (Fsp3) is 0.361. The number of nitro groups is 1. The molecule has 0 aromatic heterocycles. The van der Waals surface area contributed by atoms with Crippen molar-refractivity contribution in [3.63, 3.8) is 0 Å². The highest BCUT2D eigenvalue weighted by Gasteiger charge is 2.29. The smallest absolute Gasteiger partial charge is 0.429 e. The normalized spacial score (nSPS) is 13.5. The van der Waals surface area contributed by atoms with Gasteiger partial charge in [-0.1, -0.05) is 38.5 Å². The number of rotatable bonds is 20. The molecule has 5 N–H and O–H groups in total. The number of carbonyl (C=O) groups excluding carboxylic acids is 7. The van der Waals surface area contributed by atoms with E-state index in [0.717, 1.165) is 4.90 Å². The summed E-state index contributed by atoms with van der Waals surface area (Å²) in [4.78, 5) is 97.5. The van der Waals surface area contributed by atoms with E-state index in [1.165, 1.54) is 48.7 Å². The Bertz CT molecular complexity index is 1700. The first-order valence-corrected chi connectivity index (χ1v) is 16.8. The van der Waals surface area contributed by atoms with Crippen LogP contribution in [0, 0.1) is 22.0 Å². The molecule has 0 fully saturated rings. The number of benzene rings is 2. The van der Waals surface area contributed by atoms with Gasteiger partial charge in [0.2, 0.25) is 11.8 Å². The van der Waals surface area contributed by atoms with Crippen LogP contribution < -0.4 is 26.4 Å². The number of ether oxygens (including phenoxy) is 2. The number of nitrogens with one attached hydrogen (secondary N) is 3. The van der Waals surface area contributed by atoms with E-state index in [9.17, 15) is 43.7 Å². The first-order chi connectivity index (χ1) is 25.2. The molecule has 0 aliphatic carbocycles. The van der Waals surface area contributed by atoms with Gasteiger partial charge in [-0.2, -0.15) is 0 Å². The van der Waals surface area contributed by atoms with E-state index in [2.05, 4.69) is 16.0 Å². The summed E-state index contributed by atoms with van der Waals surface area (Å²) in [6.07, 6.45) is 5.71. The standard InChI is InChI=1S/C36H42N6O11/c1-23(2)33(40-30(44)8-4-3-5-20-41-31(45)17-18-32(41)46)29(43)21-25(7-6-19-38-35(37)48)34(47)39-26-11-9-24(10-12-26)22-52-36(49)53-28-15-13-27(14-16-28)42(50)51/h6,9-19,23,25,33H,3-5,7-8,20-22H2,1-2H3,(H,39,47)(H,40,44)(H3,37,38,48)/b19-6+/t25-,33-/m1/s1. The lowest BCUT2D eigenvalue weighted by molar-refractivity contribution is -0.384. The van der Waals surface area contributed by atoms with Crippen molar-refractivity contribution in [1.82, 2.24) is 15.5 Å². The fourth-order valence-electron chi connectivity index (χ4n) is 5.11. The van der Waals surface area contributed by atoms with Gasteiger partial charge in [-0.05, 0) is 55.0 Å². The van der Waals surface area contributed by atoms with Crippen LogP contribution in [-0.2, 0) is 35.3 Å². The summed E-state index contributed by atoms with van der Waals surface area (Å²) in [5, 5.41) is 18.6. The van der Waals surface area contributed by atoms with E-state index >= 15 is 0 Å². The number of ketones is 1. The van der Waals surface area contributed by atoms with Crippen molar-refractivity contribution in [2.45, 2.75) is 65.0 Å². The van der Waals surface area contributed by atoms with Crippen molar-refractivity contribution < 1.29 is 48.0 Å². The topological polar surface area (TPSA) is 246 Å². The minimum Gasteiger partial charge on any atom is -0.429 e. The van der Waals surface area contributed by atoms with Gasteiger partial charge in [0.05, 0.1) is 11.0 Å².